The minimum absolute atomic E-state index is 0.0944. The average Bonchev–Trinajstić information content (AvgIpc) is 1.97. The second-order valence-corrected chi connectivity index (χ2v) is 3.25. The van der Waals surface area contributed by atoms with Crippen LogP contribution in [0.5, 0.6) is 5.75 Å². The first kappa shape index (κ1) is 9.07. The third kappa shape index (κ3) is 1.98. The van der Waals surface area contributed by atoms with Crippen LogP contribution in [-0.4, -0.2) is 11.1 Å². The van der Waals surface area contributed by atoms with E-state index in [-0.39, 0.29) is 6.04 Å². The predicted molar refractivity (Wildman–Crippen MR) is 50.2 cm³/mol. The monoisotopic (exact) mass is 165 g/mol. The fourth-order valence-corrected chi connectivity index (χ4v) is 1.27. The number of nitrogens with two attached hydrogens (primary N) is 1. The zero-order valence-electron chi connectivity index (χ0n) is 7.54. The van der Waals surface area contributed by atoms with E-state index in [0.717, 1.165) is 17.5 Å². The molecular weight excluding hydrogens is 150 g/mol. The van der Waals surface area contributed by atoms with Gasteiger partial charge >= 0.3 is 0 Å². The van der Waals surface area contributed by atoms with Crippen molar-refractivity contribution in [2.24, 2.45) is 5.73 Å². The third-order valence-electron chi connectivity index (χ3n) is 1.91. The van der Waals surface area contributed by atoms with Gasteiger partial charge < -0.3 is 10.8 Å². The van der Waals surface area contributed by atoms with Crippen LogP contribution >= 0.6 is 0 Å². The van der Waals surface area contributed by atoms with Gasteiger partial charge in [0.25, 0.3) is 0 Å². The number of phenols is 1. The first-order valence-electron chi connectivity index (χ1n) is 4.14. The molecule has 1 aromatic rings. The molecule has 66 valence electrons. The van der Waals surface area contributed by atoms with Gasteiger partial charge in [-0.1, -0.05) is 12.1 Å². The number of rotatable bonds is 2. The molecule has 0 bridgehead atoms. The number of benzene rings is 1. The van der Waals surface area contributed by atoms with Crippen LogP contribution in [0.4, 0.5) is 0 Å². The molecule has 12 heavy (non-hydrogen) atoms. The van der Waals surface area contributed by atoms with E-state index in [2.05, 4.69) is 0 Å². The van der Waals surface area contributed by atoms with Crippen LogP contribution in [0.25, 0.3) is 0 Å². The van der Waals surface area contributed by atoms with Crippen molar-refractivity contribution in [3.8, 4) is 5.75 Å². The van der Waals surface area contributed by atoms with E-state index in [1.54, 1.807) is 6.07 Å². The lowest BCUT2D eigenvalue weighted by Gasteiger charge is -2.10. The molecule has 2 heteroatoms. The van der Waals surface area contributed by atoms with Crippen LogP contribution in [0.1, 0.15) is 18.1 Å². The largest absolute Gasteiger partial charge is 0.508 e. The Kier molecular flexibility index (Phi) is 2.71. The van der Waals surface area contributed by atoms with E-state index in [4.69, 9.17) is 5.73 Å². The van der Waals surface area contributed by atoms with Gasteiger partial charge in [0.1, 0.15) is 5.75 Å². The lowest BCUT2D eigenvalue weighted by atomic mass is 10.0. The first-order chi connectivity index (χ1) is 5.61. The summed E-state index contributed by atoms with van der Waals surface area (Å²) in [5.41, 5.74) is 7.72. The number of phenolic OH excluding ortho intramolecular Hbond substituents is 1. The third-order valence-corrected chi connectivity index (χ3v) is 1.91. The van der Waals surface area contributed by atoms with Crippen LogP contribution in [0.3, 0.4) is 0 Å². The van der Waals surface area contributed by atoms with Gasteiger partial charge in [0.15, 0.2) is 0 Å². The predicted octanol–water partition coefficient (Wildman–Crippen LogP) is 1.59. The zero-order chi connectivity index (χ0) is 9.14. The van der Waals surface area contributed by atoms with Gasteiger partial charge in [-0.05, 0) is 37.5 Å². The zero-order valence-corrected chi connectivity index (χ0v) is 7.54. The van der Waals surface area contributed by atoms with Crippen molar-refractivity contribution < 1.29 is 5.11 Å². The van der Waals surface area contributed by atoms with E-state index in [1.165, 1.54) is 0 Å². The maximum absolute atomic E-state index is 9.48. The van der Waals surface area contributed by atoms with Crippen molar-refractivity contribution in [2.45, 2.75) is 26.3 Å². The van der Waals surface area contributed by atoms with E-state index in [1.807, 2.05) is 26.0 Å². The van der Waals surface area contributed by atoms with Gasteiger partial charge in [-0.3, -0.25) is 0 Å². The smallest absolute Gasteiger partial charge is 0.119 e. The first-order valence-corrected chi connectivity index (χ1v) is 4.14. The standard InChI is InChI=1S/C10H15NO/c1-7-4-3-5-10(12)9(7)6-8(2)11/h3-5,8,12H,6,11H2,1-2H3. The second kappa shape index (κ2) is 3.59. The highest BCUT2D eigenvalue weighted by atomic mass is 16.3. The van der Waals surface area contributed by atoms with E-state index >= 15 is 0 Å². The molecular formula is C10H15NO. The molecule has 1 aromatic carbocycles. The summed E-state index contributed by atoms with van der Waals surface area (Å²) in [5.74, 6) is 0.354. The molecule has 0 aliphatic heterocycles. The Labute approximate surface area is 73.0 Å². The maximum atomic E-state index is 9.48. The summed E-state index contributed by atoms with van der Waals surface area (Å²) >= 11 is 0. The molecule has 0 aromatic heterocycles. The summed E-state index contributed by atoms with van der Waals surface area (Å²) in [5, 5.41) is 9.48. The van der Waals surface area contributed by atoms with Crippen LogP contribution in [0.2, 0.25) is 0 Å². The Bertz CT molecular complexity index is 248. The Morgan fingerprint density at radius 2 is 2.17 bits per heavy atom. The molecule has 1 unspecified atom stereocenters. The number of aryl methyl sites for hydroxylation is 1. The van der Waals surface area contributed by atoms with Crippen LogP contribution < -0.4 is 5.73 Å². The highest BCUT2D eigenvalue weighted by Gasteiger charge is 2.05. The number of aromatic hydroxyl groups is 1. The van der Waals surface area contributed by atoms with E-state index in [9.17, 15) is 5.11 Å². The van der Waals surface area contributed by atoms with Gasteiger partial charge in [-0.2, -0.15) is 0 Å². The van der Waals surface area contributed by atoms with Crippen molar-refractivity contribution >= 4 is 0 Å². The summed E-state index contributed by atoms with van der Waals surface area (Å²) in [6.07, 6.45) is 0.735. The van der Waals surface area contributed by atoms with Gasteiger partial charge in [-0.25, -0.2) is 0 Å². The molecule has 0 amide bonds. The molecule has 0 saturated carbocycles. The molecule has 0 aliphatic rings. The normalized spacial score (nSPS) is 12.9. The summed E-state index contributed by atoms with van der Waals surface area (Å²) in [4.78, 5) is 0. The van der Waals surface area contributed by atoms with E-state index in [0.29, 0.717) is 5.75 Å². The van der Waals surface area contributed by atoms with Crippen molar-refractivity contribution in [2.75, 3.05) is 0 Å². The molecule has 1 rings (SSSR count). The lowest BCUT2D eigenvalue weighted by molar-refractivity contribution is 0.465. The SMILES string of the molecule is Cc1cccc(O)c1CC(C)N. The Hall–Kier alpha value is -1.02. The van der Waals surface area contributed by atoms with Crippen molar-refractivity contribution in [3.63, 3.8) is 0 Å². The van der Waals surface area contributed by atoms with Crippen molar-refractivity contribution in [3.05, 3.63) is 29.3 Å². The summed E-state index contributed by atoms with van der Waals surface area (Å²) < 4.78 is 0. The lowest BCUT2D eigenvalue weighted by Crippen LogP contribution is -2.18. The maximum Gasteiger partial charge on any atom is 0.119 e. The highest BCUT2D eigenvalue weighted by molar-refractivity contribution is 5.38. The minimum Gasteiger partial charge on any atom is -0.508 e. The molecule has 0 spiro atoms. The van der Waals surface area contributed by atoms with Crippen LogP contribution in [-0.2, 0) is 6.42 Å². The van der Waals surface area contributed by atoms with Gasteiger partial charge in [0, 0.05) is 6.04 Å². The van der Waals surface area contributed by atoms with E-state index < -0.39 is 0 Å². The molecule has 2 nitrogen and oxygen atoms in total. The Morgan fingerprint density at radius 3 is 2.67 bits per heavy atom. The summed E-state index contributed by atoms with van der Waals surface area (Å²) in [7, 11) is 0. The Morgan fingerprint density at radius 1 is 1.50 bits per heavy atom. The summed E-state index contributed by atoms with van der Waals surface area (Å²) in [6.45, 7) is 3.92. The van der Waals surface area contributed by atoms with Gasteiger partial charge in [0.05, 0.1) is 0 Å². The molecule has 1 atom stereocenters. The Balaban J connectivity index is 2.96. The van der Waals surface area contributed by atoms with Gasteiger partial charge in [-0.15, -0.1) is 0 Å². The molecule has 0 aliphatic carbocycles. The quantitative estimate of drug-likeness (QED) is 0.699. The van der Waals surface area contributed by atoms with Crippen LogP contribution in [0, 0.1) is 6.92 Å². The fourth-order valence-electron chi connectivity index (χ4n) is 1.27. The average molecular weight is 165 g/mol. The number of hydrogen-bond acceptors (Lipinski definition) is 2. The molecule has 3 N–H and O–H groups in total. The fraction of sp³-hybridized carbons (Fsp3) is 0.400. The number of hydrogen-bond donors (Lipinski definition) is 2. The second-order valence-electron chi connectivity index (χ2n) is 3.25. The van der Waals surface area contributed by atoms with Crippen molar-refractivity contribution in [1.82, 2.24) is 0 Å². The highest BCUT2D eigenvalue weighted by Crippen LogP contribution is 2.21. The topological polar surface area (TPSA) is 46.2 Å². The molecule has 0 radical (unpaired) electrons. The molecule has 0 saturated heterocycles. The summed E-state index contributed by atoms with van der Waals surface area (Å²) in [6, 6.07) is 5.62. The molecule has 0 heterocycles. The van der Waals surface area contributed by atoms with Crippen LogP contribution in [0.15, 0.2) is 18.2 Å². The minimum atomic E-state index is 0.0944. The molecule has 0 fully saturated rings. The van der Waals surface area contributed by atoms with Crippen molar-refractivity contribution in [1.29, 1.82) is 0 Å². The van der Waals surface area contributed by atoms with Gasteiger partial charge in [0.2, 0.25) is 0 Å².